The molecule has 1 fully saturated rings. The molecule has 15 heteroatoms. The number of imidazole rings is 2. The first-order valence-electron chi connectivity index (χ1n) is 20.4. The molecule has 5 rings (SSSR count). The molecule has 0 radical (unpaired) electrons. The Morgan fingerprint density at radius 3 is 1.92 bits per heavy atom. The second-order valence-electron chi connectivity index (χ2n) is 15.7. The van der Waals surface area contributed by atoms with E-state index in [2.05, 4.69) is 79.4 Å². The van der Waals surface area contributed by atoms with Crippen LogP contribution in [0, 0.1) is 17.8 Å². The average molecular weight is 813 g/mol. The molecule has 0 aliphatic carbocycles. The van der Waals surface area contributed by atoms with Crippen LogP contribution in [-0.2, 0) is 30.2 Å². The van der Waals surface area contributed by atoms with E-state index in [0.29, 0.717) is 19.6 Å². The summed E-state index contributed by atoms with van der Waals surface area (Å²) >= 11 is 0. The predicted molar refractivity (Wildman–Crippen MR) is 225 cm³/mol. The average Bonchev–Trinajstić information content (AvgIpc) is 4.02. The van der Waals surface area contributed by atoms with Gasteiger partial charge in [0.05, 0.1) is 50.6 Å². The molecule has 4 amide bonds. The van der Waals surface area contributed by atoms with Crippen LogP contribution in [0.15, 0.2) is 60.9 Å². The van der Waals surface area contributed by atoms with E-state index in [9.17, 15) is 19.2 Å². The number of alkyl carbamates (subject to hydrolysis) is 2. The zero-order valence-corrected chi connectivity index (χ0v) is 35.5. The van der Waals surface area contributed by atoms with E-state index in [1.165, 1.54) is 14.2 Å². The number of hydrogen-bond donors (Lipinski definition) is 5. The first-order valence-corrected chi connectivity index (χ1v) is 20.4. The summed E-state index contributed by atoms with van der Waals surface area (Å²) in [6.45, 7) is 10.6. The van der Waals surface area contributed by atoms with E-state index in [1.807, 2.05) is 51.9 Å². The van der Waals surface area contributed by atoms with Crippen LogP contribution < -0.4 is 16.0 Å². The van der Waals surface area contributed by atoms with Crippen molar-refractivity contribution in [2.75, 3.05) is 34.5 Å². The van der Waals surface area contributed by atoms with Crippen LogP contribution in [-0.4, -0.2) is 101 Å². The summed E-state index contributed by atoms with van der Waals surface area (Å²) in [5.74, 6) is 1.05. The number of methoxy groups -OCH3 is 3. The Bertz CT molecular complexity index is 1990. The largest absolute Gasteiger partial charge is 0.453 e. The number of benzene rings is 2. The lowest BCUT2D eigenvalue weighted by atomic mass is 9.98. The van der Waals surface area contributed by atoms with Gasteiger partial charge in [-0.15, -0.1) is 0 Å². The fraction of sp³-hybridized carbons (Fsp3) is 0.500. The number of amides is 4. The lowest BCUT2D eigenvalue weighted by Crippen LogP contribution is -2.52. The van der Waals surface area contributed by atoms with Crippen LogP contribution in [0.4, 0.5) is 9.59 Å². The van der Waals surface area contributed by atoms with Crippen molar-refractivity contribution in [1.82, 2.24) is 40.8 Å². The predicted octanol–water partition coefficient (Wildman–Crippen LogP) is 6.65. The van der Waals surface area contributed by atoms with Gasteiger partial charge >= 0.3 is 12.2 Å². The van der Waals surface area contributed by atoms with E-state index in [-0.39, 0.29) is 41.7 Å². The summed E-state index contributed by atoms with van der Waals surface area (Å²) in [4.78, 5) is 68.7. The Balaban J connectivity index is 1.17. The summed E-state index contributed by atoms with van der Waals surface area (Å²) in [6.07, 6.45) is 6.12. The number of ether oxygens (including phenoxy) is 3. The quantitative estimate of drug-likeness (QED) is 0.0732. The van der Waals surface area contributed by atoms with Crippen molar-refractivity contribution in [2.45, 2.75) is 90.9 Å². The fourth-order valence-corrected chi connectivity index (χ4v) is 7.52. The van der Waals surface area contributed by atoms with Crippen LogP contribution in [0.2, 0.25) is 0 Å². The number of aryl methyl sites for hydroxylation is 1. The Morgan fingerprint density at radius 2 is 1.36 bits per heavy atom. The monoisotopic (exact) mass is 812 g/mol. The number of hydrogen-bond acceptors (Lipinski definition) is 9. The normalized spacial score (nSPS) is 17.2. The Morgan fingerprint density at radius 1 is 0.797 bits per heavy atom. The minimum Gasteiger partial charge on any atom is -0.453 e. The van der Waals surface area contributed by atoms with Gasteiger partial charge in [-0.2, -0.15) is 0 Å². The minimum atomic E-state index is -0.703. The molecule has 1 saturated heterocycles. The van der Waals surface area contributed by atoms with Crippen molar-refractivity contribution < 1.29 is 33.4 Å². The molecule has 318 valence electrons. The third kappa shape index (κ3) is 11.3. The molecule has 6 atom stereocenters. The summed E-state index contributed by atoms with van der Waals surface area (Å²) in [6, 6.07) is 15.0. The standard InChI is InChI=1S/C44H60N8O7/c1-9-27(4)39(51-44(56)59-8)41(53)47-22-29(25-57-6)11-21-37-45-23-34(48-37)32-16-12-30(13-17-32)31-14-18-33(19-15-31)35-24-46-40(49-35)36-20-10-28(5)52(36)42(54)38(26(2)3)50-43(55)58-7/h12-19,23-24,26-29,36,38-39H,9-11,20-22,25H2,1-8H3,(H,45,48)(H,46,49)(H,47,53)(H,50,55)(H,51,56). The van der Waals surface area contributed by atoms with Gasteiger partial charge in [-0.25, -0.2) is 19.6 Å². The van der Waals surface area contributed by atoms with Crippen molar-refractivity contribution >= 4 is 24.0 Å². The molecule has 2 aromatic heterocycles. The van der Waals surface area contributed by atoms with E-state index < -0.39 is 24.3 Å². The maximum Gasteiger partial charge on any atom is 0.407 e. The van der Waals surface area contributed by atoms with Gasteiger partial charge in [0.25, 0.3) is 0 Å². The van der Waals surface area contributed by atoms with Crippen LogP contribution >= 0.6 is 0 Å². The molecule has 1 aliphatic heterocycles. The molecule has 3 heterocycles. The van der Waals surface area contributed by atoms with Crippen LogP contribution in [0.1, 0.15) is 78.0 Å². The number of rotatable bonds is 18. The summed E-state index contributed by atoms with van der Waals surface area (Å²) < 4.78 is 14.9. The van der Waals surface area contributed by atoms with Gasteiger partial charge in [0.2, 0.25) is 11.8 Å². The summed E-state index contributed by atoms with van der Waals surface area (Å²) in [5.41, 5.74) is 5.90. The second-order valence-corrected chi connectivity index (χ2v) is 15.7. The maximum atomic E-state index is 13.7. The number of likely N-dealkylation sites (tertiary alicyclic amines) is 1. The highest BCUT2D eigenvalue weighted by Gasteiger charge is 2.41. The molecule has 1 aliphatic rings. The van der Waals surface area contributed by atoms with Gasteiger partial charge in [-0.1, -0.05) is 82.6 Å². The molecule has 0 saturated carbocycles. The van der Waals surface area contributed by atoms with Gasteiger partial charge in [0.1, 0.15) is 23.7 Å². The molecule has 6 unspecified atom stereocenters. The van der Waals surface area contributed by atoms with Gasteiger partial charge in [0, 0.05) is 32.0 Å². The number of aromatic amines is 2. The summed E-state index contributed by atoms with van der Waals surface area (Å²) in [5, 5.41) is 8.35. The maximum absolute atomic E-state index is 13.7. The Labute approximate surface area is 346 Å². The smallest absolute Gasteiger partial charge is 0.407 e. The van der Waals surface area contributed by atoms with Crippen LogP contribution in [0.5, 0.6) is 0 Å². The molecular weight excluding hydrogens is 753 g/mol. The van der Waals surface area contributed by atoms with E-state index in [0.717, 1.165) is 71.0 Å². The van der Waals surface area contributed by atoms with Crippen molar-refractivity contribution in [3.05, 3.63) is 72.6 Å². The molecular formula is C44H60N8O7. The highest BCUT2D eigenvalue weighted by molar-refractivity contribution is 5.87. The van der Waals surface area contributed by atoms with Gasteiger partial charge < -0.3 is 45.0 Å². The van der Waals surface area contributed by atoms with Crippen molar-refractivity contribution in [2.24, 2.45) is 17.8 Å². The molecule has 0 spiro atoms. The molecule has 15 nitrogen and oxygen atoms in total. The van der Waals surface area contributed by atoms with Gasteiger partial charge in [-0.3, -0.25) is 9.59 Å². The molecule has 59 heavy (non-hydrogen) atoms. The number of aromatic nitrogens is 4. The number of H-pyrrole nitrogens is 2. The topological polar surface area (TPSA) is 193 Å². The molecule has 5 N–H and O–H groups in total. The Kier molecular flexibility index (Phi) is 15.7. The van der Waals surface area contributed by atoms with Crippen molar-refractivity contribution in [3.8, 4) is 33.6 Å². The first kappa shape index (κ1) is 44.4. The molecule has 0 bridgehead atoms. The fourth-order valence-electron chi connectivity index (χ4n) is 7.52. The van der Waals surface area contributed by atoms with Gasteiger partial charge in [0.15, 0.2) is 0 Å². The highest BCUT2D eigenvalue weighted by Crippen LogP contribution is 2.37. The second kappa shape index (κ2) is 20.8. The van der Waals surface area contributed by atoms with E-state index in [4.69, 9.17) is 19.2 Å². The van der Waals surface area contributed by atoms with E-state index in [1.54, 1.807) is 7.11 Å². The lowest BCUT2D eigenvalue weighted by Gasteiger charge is -2.32. The van der Waals surface area contributed by atoms with Gasteiger partial charge in [-0.05, 0) is 60.3 Å². The zero-order chi connectivity index (χ0) is 42.6. The Hall–Kier alpha value is -5.70. The van der Waals surface area contributed by atoms with E-state index >= 15 is 0 Å². The van der Waals surface area contributed by atoms with Crippen molar-refractivity contribution in [1.29, 1.82) is 0 Å². The molecule has 4 aromatic rings. The number of carbonyl (C=O) groups is 4. The third-order valence-corrected chi connectivity index (χ3v) is 11.3. The third-order valence-electron chi connectivity index (χ3n) is 11.3. The SMILES string of the molecule is CCC(C)C(NC(=O)OC)C(=O)NCC(CCc1ncc(-c2ccc(-c3ccc(-c4cnc(C5CCC(C)N5C(=O)C(NC(=O)OC)C(C)C)[nH]4)cc3)cc2)[nH]1)COC. The minimum absolute atomic E-state index is 0.00238. The number of nitrogens with one attached hydrogen (secondary N) is 5. The summed E-state index contributed by atoms with van der Waals surface area (Å²) in [7, 11) is 4.21. The van der Waals surface area contributed by atoms with Crippen LogP contribution in [0.3, 0.4) is 0 Å². The first-order chi connectivity index (χ1) is 28.4. The zero-order valence-electron chi connectivity index (χ0n) is 35.5. The molecule has 2 aromatic carbocycles. The lowest BCUT2D eigenvalue weighted by molar-refractivity contribution is -0.137. The number of nitrogens with zero attached hydrogens (tertiary/aromatic N) is 3. The van der Waals surface area contributed by atoms with Crippen LogP contribution in [0.25, 0.3) is 33.6 Å². The number of carbonyl (C=O) groups excluding carboxylic acids is 4. The highest BCUT2D eigenvalue weighted by atomic mass is 16.5. The van der Waals surface area contributed by atoms with Crippen molar-refractivity contribution in [3.63, 3.8) is 0 Å².